The van der Waals surface area contributed by atoms with Crippen molar-refractivity contribution in [1.29, 1.82) is 0 Å². The van der Waals surface area contributed by atoms with Gasteiger partial charge in [-0.2, -0.15) is 0 Å². The number of carbonyl (C=O) groups is 1. The average molecular weight is 307 g/mol. The molecular formula is C18H13NO4. The molecule has 0 radical (unpaired) electrons. The van der Waals surface area contributed by atoms with E-state index in [1.807, 2.05) is 42.6 Å². The van der Waals surface area contributed by atoms with Gasteiger partial charge in [0.15, 0.2) is 0 Å². The van der Waals surface area contributed by atoms with E-state index in [0.29, 0.717) is 22.4 Å². The van der Waals surface area contributed by atoms with Crippen molar-refractivity contribution in [2.45, 2.75) is 0 Å². The predicted octanol–water partition coefficient (Wildman–Crippen LogP) is 4.06. The van der Waals surface area contributed by atoms with Crippen molar-refractivity contribution in [2.75, 3.05) is 7.11 Å². The molecule has 0 atom stereocenters. The van der Waals surface area contributed by atoms with Gasteiger partial charge in [0.05, 0.1) is 23.8 Å². The third-order valence-corrected chi connectivity index (χ3v) is 3.89. The molecule has 23 heavy (non-hydrogen) atoms. The van der Waals surface area contributed by atoms with Crippen LogP contribution >= 0.6 is 0 Å². The van der Waals surface area contributed by atoms with Crippen molar-refractivity contribution in [3.8, 4) is 17.1 Å². The molecule has 5 heteroatoms. The minimum atomic E-state index is -0.980. The summed E-state index contributed by atoms with van der Waals surface area (Å²) in [6.45, 7) is 0. The fourth-order valence-electron chi connectivity index (χ4n) is 2.81. The Hall–Kier alpha value is -3.21. The summed E-state index contributed by atoms with van der Waals surface area (Å²) >= 11 is 0. The Morgan fingerprint density at radius 3 is 2.87 bits per heavy atom. The molecule has 114 valence electrons. The fraction of sp³-hybridized carbons (Fsp3) is 0.0556. The molecule has 0 fully saturated rings. The number of pyridine rings is 1. The number of nitrogens with zero attached hydrogens (tertiary/aromatic N) is 1. The molecule has 3 aromatic heterocycles. The number of hydrogen-bond acceptors (Lipinski definition) is 3. The minimum Gasteiger partial charge on any atom is -0.497 e. The van der Waals surface area contributed by atoms with Crippen LogP contribution in [0.3, 0.4) is 0 Å². The molecule has 0 aliphatic rings. The average Bonchev–Trinajstić information content (AvgIpc) is 3.14. The second kappa shape index (κ2) is 4.91. The molecular weight excluding hydrogens is 294 g/mol. The molecule has 4 aromatic rings. The van der Waals surface area contributed by atoms with E-state index in [-0.39, 0.29) is 5.56 Å². The number of rotatable bonds is 3. The zero-order chi connectivity index (χ0) is 16.0. The summed E-state index contributed by atoms with van der Waals surface area (Å²) in [6.07, 6.45) is 3.59. The number of benzene rings is 1. The Kier molecular flexibility index (Phi) is 2.87. The van der Waals surface area contributed by atoms with Crippen LogP contribution in [0.1, 0.15) is 10.4 Å². The Morgan fingerprint density at radius 2 is 2.09 bits per heavy atom. The maximum atomic E-state index is 11.7. The first-order valence-corrected chi connectivity index (χ1v) is 7.08. The van der Waals surface area contributed by atoms with Crippen molar-refractivity contribution in [2.24, 2.45) is 0 Å². The highest BCUT2D eigenvalue weighted by atomic mass is 16.5. The molecule has 0 bridgehead atoms. The van der Waals surface area contributed by atoms with Crippen LogP contribution in [0, 0.1) is 0 Å². The van der Waals surface area contributed by atoms with Crippen molar-refractivity contribution >= 4 is 22.5 Å². The third kappa shape index (κ3) is 2.05. The normalized spacial score (nSPS) is 11.2. The largest absolute Gasteiger partial charge is 0.497 e. The van der Waals surface area contributed by atoms with Gasteiger partial charge < -0.3 is 18.7 Å². The lowest BCUT2D eigenvalue weighted by molar-refractivity contribution is 0.0699. The van der Waals surface area contributed by atoms with E-state index in [1.165, 1.54) is 0 Å². The van der Waals surface area contributed by atoms with Crippen LogP contribution in [0.4, 0.5) is 0 Å². The first kappa shape index (κ1) is 13.5. The fourth-order valence-corrected chi connectivity index (χ4v) is 2.81. The number of aromatic nitrogens is 1. The number of carboxylic acids is 1. The zero-order valence-electron chi connectivity index (χ0n) is 12.3. The Bertz CT molecular complexity index is 1040. The van der Waals surface area contributed by atoms with E-state index in [2.05, 4.69) is 0 Å². The van der Waals surface area contributed by atoms with Gasteiger partial charge in [0.1, 0.15) is 17.1 Å². The quantitative estimate of drug-likeness (QED) is 0.620. The Labute approximate surface area is 131 Å². The summed E-state index contributed by atoms with van der Waals surface area (Å²) in [4.78, 5) is 11.7. The van der Waals surface area contributed by atoms with Crippen LogP contribution in [-0.2, 0) is 0 Å². The SMILES string of the molecule is COc1ccc2oc(-c3cn4ccccc4c3C(=O)O)cc2c1. The highest BCUT2D eigenvalue weighted by Gasteiger charge is 2.20. The van der Waals surface area contributed by atoms with Crippen LogP contribution < -0.4 is 4.74 Å². The topological polar surface area (TPSA) is 64.1 Å². The van der Waals surface area contributed by atoms with Crippen molar-refractivity contribution in [3.63, 3.8) is 0 Å². The molecule has 0 aliphatic heterocycles. The monoisotopic (exact) mass is 307 g/mol. The van der Waals surface area contributed by atoms with Crippen LogP contribution in [0.25, 0.3) is 27.8 Å². The van der Waals surface area contributed by atoms with E-state index in [9.17, 15) is 9.90 Å². The van der Waals surface area contributed by atoms with E-state index in [1.54, 1.807) is 23.8 Å². The van der Waals surface area contributed by atoms with Crippen LogP contribution in [0.2, 0.25) is 0 Å². The summed E-state index contributed by atoms with van der Waals surface area (Å²) in [7, 11) is 1.60. The molecule has 1 N–H and O–H groups in total. The Morgan fingerprint density at radius 1 is 1.22 bits per heavy atom. The molecule has 4 rings (SSSR count). The molecule has 0 saturated heterocycles. The van der Waals surface area contributed by atoms with Gasteiger partial charge in [-0.1, -0.05) is 6.07 Å². The van der Waals surface area contributed by atoms with Crippen LogP contribution in [0.5, 0.6) is 5.75 Å². The molecule has 0 spiro atoms. The maximum absolute atomic E-state index is 11.7. The van der Waals surface area contributed by atoms with Gasteiger partial charge in [-0.05, 0) is 36.4 Å². The number of carboxylic acid groups (broad SMARTS) is 1. The first-order valence-electron chi connectivity index (χ1n) is 7.08. The first-order chi connectivity index (χ1) is 11.2. The van der Waals surface area contributed by atoms with Crippen LogP contribution in [-0.4, -0.2) is 22.6 Å². The van der Waals surface area contributed by atoms with Gasteiger partial charge in [0, 0.05) is 17.8 Å². The molecule has 0 aliphatic carbocycles. The summed E-state index contributed by atoms with van der Waals surface area (Å²) < 4.78 is 12.8. The zero-order valence-corrected chi connectivity index (χ0v) is 12.3. The molecule has 0 unspecified atom stereocenters. The van der Waals surface area contributed by atoms with Gasteiger partial charge in [-0.3, -0.25) is 0 Å². The van der Waals surface area contributed by atoms with Gasteiger partial charge in [-0.25, -0.2) is 4.79 Å². The molecule has 5 nitrogen and oxygen atoms in total. The summed E-state index contributed by atoms with van der Waals surface area (Å²) in [5.74, 6) is 0.270. The molecule has 0 amide bonds. The van der Waals surface area contributed by atoms with Crippen molar-refractivity contribution in [1.82, 2.24) is 4.40 Å². The lowest BCUT2D eigenvalue weighted by Crippen LogP contribution is -1.97. The van der Waals surface area contributed by atoms with Crippen molar-refractivity contribution in [3.05, 3.63) is 60.4 Å². The molecule has 1 aromatic carbocycles. The van der Waals surface area contributed by atoms with Gasteiger partial charge in [0.2, 0.25) is 0 Å². The van der Waals surface area contributed by atoms with Crippen LogP contribution in [0.15, 0.2) is 59.3 Å². The second-order valence-corrected chi connectivity index (χ2v) is 5.23. The number of hydrogen-bond donors (Lipinski definition) is 1. The number of furan rings is 1. The minimum absolute atomic E-state index is 0.233. The molecule has 3 heterocycles. The third-order valence-electron chi connectivity index (χ3n) is 3.89. The van der Waals surface area contributed by atoms with E-state index in [0.717, 1.165) is 11.1 Å². The van der Waals surface area contributed by atoms with Gasteiger partial charge >= 0.3 is 5.97 Å². The Balaban J connectivity index is 1.98. The van der Waals surface area contributed by atoms with E-state index >= 15 is 0 Å². The number of methoxy groups -OCH3 is 1. The lowest BCUT2D eigenvalue weighted by atomic mass is 10.1. The summed E-state index contributed by atoms with van der Waals surface area (Å²) in [5.41, 5.74) is 2.11. The smallest absolute Gasteiger partial charge is 0.338 e. The molecule has 0 saturated carbocycles. The maximum Gasteiger partial charge on any atom is 0.338 e. The number of aromatic carboxylic acids is 1. The van der Waals surface area contributed by atoms with E-state index in [4.69, 9.17) is 9.15 Å². The summed E-state index contributed by atoms with van der Waals surface area (Å²) in [5, 5.41) is 10.5. The van der Waals surface area contributed by atoms with Gasteiger partial charge in [-0.15, -0.1) is 0 Å². The lowest BCUT2D eigenvalue weighted by Gasteiger charge is -1.96. The van der Waals surface area contributed by atoms with Crippen molar-refractivity contribution < 1.29 is 19.1 Å². The second-order valence-electron chi connectivity index (χ2n) is 5.23. The number of ether oxygens (including phenoxy) is 1. The van der Waals surface area contributed by atoms with E-state index < -0.39 is 5.97 Å². The summed E-state index contributed by atoms with van der Waals surface area (Å²) in [6, 6.07) is 12.8. The highest BCUT2D eigenvalue weighted by molar-refractivity contribution is 6.03. The highest BCUT2D eigenvalue weighted by Crippen LogP contribution is 2.34. The standard InChI is InChI=1S/C18H13NO4/c1-22-12-5-6-15-11(8-12)9-16(23-15)13-10-19-7-3-2-4-14(19)17(13)18(20)21/h2-10H,1H3,(H,20,21). The van der Waals surface area contributed by atoms with Gasteiger partial charge in [0.25, 0.3) is 0 Å². The predicted molar refractivity (Wildman–Crippen MR) is 86.1 cm³/mol. The number of fused-ring (bicyclic) bond motifs is 2.